The van der Waals surface area contributed by atoms with Gasteiger partial charge in [-0.1, -0.05) is 25.4 Å². The summed E-state index contributed by atoms with van der Waals surface area (Å²) in [5.41, 5.74) is 1.91. The zero-order valence-corrected chi connectivity index (χ0v) is 12.6. The van der Waals surface area contributed by atoms with Gasteiger partial charge in [-0.05, 0) is 6.92 Å². The van der Waals surface area contributed by atoms with Crippen LogP contribution in [0.4, 0.5) is 0 Å². The SMILES string of the molecule is Cc1cc(Oc2cncc(Cl)c2)c(CNC(C)C)cn1. The maximum Gasteiger partial charge on any atom is 0.147 e. The normalized spacial score (nSPS) is 10.8. The summed E-state index contributed by atoms with van der Waals surface area (Å²) in [6.07, 6.45) is 5.05. The van der Waals surface area contributed by atoms with Gasteiger partial charge in [0.1, 0.15) is 11.5 Å². The van der Waals surface area contributed by atoms with Crippen LogP contribution in [-0.4, -0.2) is 16.0 Å². The number of hydrogen-bond donors (Lipinski definition) is 1. The lowest BCUT2D eigenvalue weighted by atomic mass is 10.2. The average molecular weight is 292 g/mol. The van der Waals surface area contributed by atoms with Gasteiger partial charge in [0.2, 0.25) is 0 Å². The number of rotatable bonds is 5. The summed E-state index contributed by atoms with van der Waals surface area (Å²) in [6, 6.07) is 4.05. The Hall–Kier alpha value is -1.65. The molecule has 0 amide bonds. The molecule has 0 aliphatic carbocycles. The predicted molar refractivity (Wildman–Crippen MR) is 80.3 cm³/mol. The van der Waals surface area contributed by atoms with E-state index in [1.54, 1.807) is 18.5 Å². The van der Waals surface area contributed by atoms with Crippen molar-refractivity contribution in [2.75, 3.05) is 0 Å². The van der Waals surface area contributed by atoms with Crippen molar-refractivity contribution in [2.45, 2.75) is 33.4 Å². The van der Waals surface area contributed by atoms with Crippen LogP contribution in [0.25, 0.3) is 0 Å². The third-order valence-electron chi connectivity index (χ3n) is 2.69. The Morgan fingerprint density at radius 2 is 2.05 bits per heavy atom. The second-order valence-electron chi connectivity index (χ2n) is 4.91. The first-order valence-electron chi connectivity index (χ1n) is 6.52. The summed E-state index contributed by atoms with van der Waals surface area (Å²) in [5.74, 6) is 1.39. The standard InChI is InChI=1S/C15H18ClN3O/c1-10(2)18-6-12-7-19-11(3)4-15(12)20-14-5-13(16)8-17-9-14/h4-5,7-10,18H,6H2,1-3H3. The number of ether oxygens (including phenoxy) is 1. The number of aromatic nitrogens is 2. The van der Waals surface area contributed by atoms with E-state index in [0.717, 1.165) is 17.0 Å². The fraction of sp³-hybridized carbons (Fsp3) is 0.333. The number of hydrogen-bond acceptors (Lipinski definition) is 4. The van der Waals surface area contributed by atoms with Crippen molar-refractivity contribution in [2.24, 2.45) is 0 Å². The van der Waals surface area contributed by atoms with Crippen molar-refractivity contribution in [1.29, 1.82) is 0 Å². The van der Waals surface area contributed by atoms with Gasteiger partial charge in [-0.25, -0.2) is 0 Å². The average Bonchev–Trinajstić information content (AvgIpc) is 2.37. The molecule has 2 rings (SSSR count). The van der Waals surface area contributed by atoms with Crippen LogP contribution in [0.15, 0.2) is 30.7 Å². The fourth-order valence-electron chi connectivity index (χ4n) is 1.68. The highest BCUT2D eigenvalue weighted by atomic mass is 35.5. The molecule has 0 unspecified atom stereocenters. The Kier molecular flexibility index (Phi) is 4.93. The highest BCUT2D eigenvalue weighted by molar-refractivity contribution is 6.30. The third kappa shape index (κ3) is 4.18. The van der Waals surface area contributed by atoms with E-state index in [9.17, 15) is 0 Å². The van der Waals surface area contributed by atoms with Crippen LogP contribution in [0.1, 0.15) is 25.1 Å². The molecule has 0 saturated carbocycles. The summed E-state index contributed by atoms with van der Waals surface area (Å²) < 4.78 is 5.88. The van der Waals surface area contributed by atoms with Gasteiger partial charge in [-0.15, -0.1) is 0 Å². The molecule has 0 spiro atoms. The van der Waals surface area contributed by atoms with Crippen molar-refractivity contribution in [1.82, 2.24) is 15.3 Å². The summed E-state index contributed by atoms with van der Waals surface area (Å²) in [4.78, 5) is 8.33. The maximum atomic E-state index is 5.92. The van der Waals surface area contributed by atoms with Gasteiger partial charge < -0.3 is 10.1 Å². The lowest BCUT2D eigenvalue weighted by molar-refractivity contribution is 0.465. The molecule has 20 heavy (non-hydrogen) atoms. The highest BCUT2D eigenvalue weighted by Gasteiger charge is 2.08. The molecular weight excluding hydrogens is 274 g/mol. The summed E-state index contributed by atoms with van der Waals surface area (Å²) in [5, 5.41) is 3.91. The van der Waals surface area contributed by atoms with Crippen LogP contribution in [-0.2, 0) is 6.54 Å². The zero-order chi connectivity index (χ0) is 14.5. The highest BCUT2D eigenvalue weighted by Crippen LogP contribution is 2.26. The van der Waals surface area contributed by atoms with Gasteiger partial charge in [0.05, 0.1) is 11.2 Å². The number of nitrogens with one attached hydrogen (secondary N) is 1. The Morgan fingerprint density at radius 3 is 2.75 bits per heavy atom. The number of aryl methyl sites for hydroxylation is 1. The maximum absolute atomic E-state index is 5.92. The monoisotopic (exact) mass is 291 g/mol. The van der Waals surface area contributed by atoms with E-state index in [1.807, 2.05) is 19.2 Å². The Labute approximate surface area is 124 Å². The largest absolute Gasteiger partial charge is 0.455 e. The van der Waals surface area contributed by atoms with E-state index in [4.69, 9.17) is 16.3 Å². The fourth-order valence-corrected chi connectivity index (χ4v) is 1.84. The van der Waals surface area contributed by atoms with Crippen molar-refractivity contribution in [3.63, 3.8) is 0 Å². The van der Waals surface area contributed by atoms with E-state index in [1.165, 1.54) is 0 Å². The van der Waals surface area contributed by atoms with E-state index >= 15 is 0 Å². The first kappa shape index (κ1) is 14.8. The van der Waals surface area contributed by atoms with Gasteiger partial charge in [0.15, 0.2) is 0 Å². The van der Waals surface area contributed by atoms with Gasteiger partial charge in [0, 0.05) is 48.4 Å². The van der Waals surface area contributed by atoms with E-state index < -0.39 is 0 Å². The van der Waals surface area contributed by atoms with Crippen LogP contribution < -0.4 is 10.1 Å². The molecule has 0 aliphatic heterocycles. The number of pyridine rings is 2. The van der Waals surface area contributed by atoms with Crippen LogP contribution >= 0.6 is 11.6 Å². The Bertz CT molecular complexity index is 587. The van der Waals surface area contributed by atoms with Crippen LogP contribution in [0.3, 0.4) is 0 Å². The molecule has 0 aliphatic rings. The third-order valence-corrected chi connectivity index (χ3v) is 2.90. The molecule has 1 N–H and O–H groups in total. The quantitative estimate of drug-likeness (QED) is 0.912. The molecule has 0 fully saturated rings. The van der Waals surface area contributed by atoms with Crippen molar-refractivity contribution in [3.8, 4) is 11.5 Å². The van der Waals surface area contributed by atoms with Crippen molar-refractivity contribution < 1.29 is 4.74 Å². The minimum absolute atomic E-state index is 0.400. The second-order valence-corrected chi connectivity index (χ2v) is 5.35. The molecule has 0 radical (unpaired) electrons. The molecule has 2 aromatic rings. The minimum atomic E-state index is 0.400. The second kappa shape index (κ2) is 6.68. The molecule has 5 heteroatoms. The Balaban J connectivity index is 2.22. The summed E-state index contributed by atoms with van der Waals surface area (Å²) in [7, 11) is 0. The van der Waals surface area contributed by atoms with Crippen LogP contribution in [0.5, 0.6) is 11.5 Å². The molecule has 0 saturated heterocycles. The zero-order valence-electron chi connectivity index (χ0n) is 11.9. The molecule has 106 valence electrons. The molecule has 0 aromatic carbocycles. The number of halogens is 1. The van der Waals surface area contributed by atoms with Gasteiger partial charge in [0.25, 0.3) is 0 Å². The van der Waals surface area contributed by atoms with Gasteiger partial charge in [-0.3, -0.25) is 9.97 Å². The van der Waals surface area contributed by atoms with E-state index in [-0.39, 0.29) is 0 Å². The van der Waals surface area contributed by atoms with E-state index in [0.29, 0.717) is 23.4 Å². The topological polar surface area (TPSA) is 47.0 Å². The summed E-state index contributed by atoms with van der Waals surface area (Å²) in [6.45, 7) is 6.84. The molecule has 4 nitrogen and oxygen atoms in total. The predicted octanol–water partition coefficient (Wildman–Crippen LogP) is 3.73. The molecule has 2 heterocycles. The molecule has 0 bridgehead atoms. The van der Waals surface area contributed by atoms with Crippen molar-refractivity contribution in [3.05, 3.63) is 47.0 Å². The van der Waals surface area contributed by atoms with Crippen LogP contribution in [0, 0.1) is 6.92 Å². The smallest absolute Gasteiger partial charge is 0.147 e. The Morgan fingerprint density at radius 1 is 1.25 bits per heavy atom. The lowest BCUT2D eigenvalue weighted by Gasteiger charge is -2.13. The van der Waals surface area contributed by atoms with Gasteiger partial charge >= 0.3 is 0 Å². The van der Waals surface area contributed by atoms with Gasteiger partial charge in [-0.2, -0.15) is 0 Å². The molecule has 2 aromatic heterocycles. The molecule has 0 atom stereocenters. The molecular formula is C15H18ClN3O. The van der Waals surface area contributed by atoms with Crippen LogP contribution in [0.2, 0.25) is 5.02 Å². The number of nitrogens with zero attached hydrogens (tertiary/aromatic N) is 2. The summed E-state index contributed by atoms with van der Waals surface area (Å²) >= 11 is 5.92. The first-order chi connectivity index (χ1) is 9.54. The first-order valence-corrected chi connectivity index (χ1v) is 6.89. The lowest BCUT2D eigenvalue weighted by Crippen LogP contribution is -2.22. The van der Waals surface area contributed by atoms with E-state index in [2.05, 4.69) is 29.1 Å². The van der Waals surface area contributed by atoms with Crippen molar-refractivity contribution >= 4 is 11.6 Å². The minimum Gasteiger partial charge on any atom is -0.455 e.